The molecule has 0 spiro atoms. The summed E-state index contributed by atoms with van der Waals surface area (Å²) in [6.45, 7) is 3.21. The lowest BCUT2D eigenvalue weighted by atomic mass is 9.89. The smallest absolute Gasteiger partial charge is 0.310 e. The second kappa shape index (κ2) is 5.97. The molecule has 13 heavy (non-hydrogen) atoms. The van der Waals surface area contributed by atoms with Crippen LogP contribution in [-0.2, 0) is 9.53 Å². The van der Waals surface area contributed by atoms with Crippen molar-refractivity contribution in [3.8, 4) is 0 Å². The van der Waals surface area contributed by atoms with Crippen molar-refractivity contribution in [2.75, 3.05) is 13.3 Å². The summed E-state index contributed by atoms with van der Waals surface area (Å²) in [4.78, 5) is 11.4. The topological polar surface area (TPSA) is 38.3 Å². The third-order valence-corrected chi connectivity index (χ3v) is 2.50. The predicted molar refractivity (Wildman–Crippen MR) is 51.2 cm³/mol. The largest absolute Gasteiger partial charge is 0.450 e. The van der Waals surface area contributed by atoms with E-state index in [1.807, 2.05) is 6.92 Å². The standard InChI is InChI=1S/C10H19NO2/c1-2-11-8-13-10(12)9-6-4-3-5-7-9/h9,11H,2-8H2,1H3. The minimum atomic E-state index is -0.0133. The molecule has 1 rings (SSSR count). The molecule has 0 aromatic carbocycles. The van der Waals surface area contributed by atoms with Gasteiger partial charge in [0.15, 0.2) is 0 Å². The zero-order chi connectivity index (χ0) is 9.52. The van der Waals surface area contributed by atoms with Crippen molar-refractivity contribution in [3.05, 3.63) is 0 Å². The molecule has 0 unspecified atom stereocenters. The Kier molecular flexibility index (Phi) is 4.83. The zero-order valence-electron chi connectivity index (χ0n) is 8.34. The van der Waals surface area contributed by atoms with E-state index in [2.05, 4.69) is 5.32 Å². The number of carbonyl (C=O) groups is 1. The monoisotopic (exact) mass is 185 g/mol. The Bertz CT molecular complexity index is 153. The zero-order valence-corrected chi connectivity index (χ0v) is 8.34. The van der Waals surface area contributed by atoms with Crippen LogP contribution in [0.1, 0.15) is 39.0 Å². The second-order valence-corrected chi connectivity index (χ2v) is 3.55. The Morgan fingerprint density at radius 3 is 2.69 bits per heavy atom. The van der Waals surface area contributed by atoms with E-state index >= 15 is 0 Å². The van der Waals surface area contributed by atoms with Crippen LogP contribution in [0.2, 0.25) is 0 Å². The average Bonchev–Trinajstić information content (AvgIpc) is 2.19. The van der Waals surface area contributed by atoms with E-state index in [4.69, 9.17) is 4.74 Å². The lowest BCUT2D eigenvalue weighted by molar-refractivity contribution is -0.150. The maximum absolute atomic E-state index is 11.4. The normalized spacial score (nSPS) is 18.5. The van der Waals surface area contributed by atoms with Crippen molar-refractivity contribution in [3.63, 3.8) is 0 Å². The van der Waals surface area contributed by atoms with Crippen LogP contribution >= 0.6 is 0 Å². The first-order valence-electron chi connectivity index (χ1n) is 5.22. The van der Waals surface area contributed by atoms with Crippen LogP contribution < -0.4 is 5.32 Å². The first-order chi connectivity index (χ1) is 6.34. The van der Waals surface area contributed by atoms with E-state index in [1.165, 1.54) is 19.3 Å². The van der Waals surface area contributed by atoms with E-state index in [0.29, 0.717) is 6.73 Å². The highest BCUT2D eigenvalue weighted by Gasteiger charge is 2.21. The summed E-state index contributed by atoms with van der Waals surface area (Å²) in [5.41, 5.74) is 0. The Labute approximate surface area is 79.8 Å². The summed E-state index contributed by atoms with van der Waals surface area (Å²) in [5, 5.41) is 2.98. The molecule has 1 fully saturated rings. The van der Waals surface area contributed by atoms with Crippen LogP contribution in [-0.4, -0.2) is 19.2 Å². The molecule has 1 N–H and O–H groups in total. The Morgan fingerprint density at radius 1 is 1.38 bits per heavy atom. The van der Waals surface area contributed by atoms with Gasteiger partial charge in [0, 0.05) is 0 Å². The molecule has 0 amide bonds. The van der Waals surface area contributed by atoms with Gasteiger partial charge in [-0.1, -0.05) is 26.2 Å². The molecule has 1 aliphatic carbocycles. The molecular formula is C10H19NO2. The predicted octanol–water partition coefficient (Wildman–Crippen LogP) is 1.68. The van der Waals surface area contributed by atoms with Crippen LogP contribution in [0.25, 0.3) is 0 Å². The molecule has 3 heteroatoms. The van der Waals surface area contributed by atoms with E-state index in [-0.39, 0.29) is 11.9 Å². The van der Waals surface area contributed by atoms with Crippen LogP contribution in [0.5, 0.6) is 0 Å². The number of nitrogens with one attached hydrogen (secondary N) is 1. The first kappa shape index (κ1) is 10.5. The maximum Gasteiger partial charge on any atom is 0.310 e. The lowest BCUT2D eigenvalue weighted by Crippen LogP contribution is -2.26. The summed E-state index contributed by atoms with van der Waals surface area (Å²) in [7, 11) is 0. The molecule has 76 valence electrons. The minimum Gasteiger partial charge on any atom is -0.450 e. The van der Waals surface area contributed by atoms with Gasteiger partial charge in [-0.15, -0.1) is 0 Å². The van der Waals surface area contributed by atoms with Gasteiger partial charge < -0.3 is 4.74 Å². The van der Waals surface area contributed by atoms with Crippen molar-refractivity contribution < 1.29 is 9.53 Å². The van der Waals surface area contributed by atoms with Gasteiger partial charge in [0.05, 0.1) is 5.92 Å². The molecule has 0 atom stereocenters. The molecule has 0 bridgehead atoms. The number of rotatable bonds is 4. The summed E-state index contributed by atoms with van der Waals surface area (Å²) in [6, 6.07) is 0. The Balaban J connectivity index is 2.13. The molecule has 0 radical (unpaired) electrons. The summed E-state index contributed by atoms with van der Waals surface area (Å²) < 4.78 is 5.07. The molecule has 1 aliphatic rings. The number of esters is 1. The molecule has 0 aromatic rings. The number of hydrogen-bond acceptors (Lipinski definition) is 3. The fourth-order valence-electron chi connectivity index (χ4n) is 1.68. The highest BCUT2D eigenvalue weighted by Crippen LogP contribution is 2.24. The van der Waals surface area contributed by atoms with Crippen molar-refractivity contribution in [2.24, 2.45) is 5.92 Å². The van der Waals surface area contributed by atoms with Crippen LogP contribution in [0, 0.1) is 5.92 Å². The third kappa shape index (κ3) is 3.77. The maximum atomic E-state index is 11.4. The molecule has 0 aromatic heterocycles. The van der Waals surface area contributed by atoms with Gasteiger partial charge in [0.25, 0.3) is 0 Å². The molecule has 0 aliphatic heterocycles. The highest BCUT2D eigenvalue weighted by molar-refractivity contribution is 5.72. The second-order valence-electron chi connectivity index (χ2n) is 3.55. The molecule has 1 saturated carbocycles. The van der Waals surface area contributed by atoms with Crippen molar-refractivity contribution in [1.29, 1.82) is 0 Å². The molecule has 3 nitrogen and oxygen atoms in total. The number of ether oxygens (including phenoxy) is 1. The van der Waals surface area contributed by atoms with Gasteiger partial charge in [-0.05, 0) is 19.4 Å². The summed E-state index contributed by atoms with van der Waals surface area (Å²) >= 11 is 0. The first-order valence-corrected chi connectivity index (χ1v) is 5.22. The van der Waals surface area contributed by atoms with E-state index in [1.54, 1.807) is 0 Å². The third-order valence-electron chi connectivity index (χ3n) is 2.50. The average molecular weight is 185 g/mol. The molecule has 0 saturated heterocycles. The Hall–Kier alpha value is -0.570. The van der Waals surface area contributed by atoms with Crippen molar-refractivity contribution in [2.45, 2.75) is 39.0 Å². The van der Waals surface area contributed by atoms with E-state index in [0.717, 1.165) is 19.4 Å². The van der Waals surface area contributed by atoms with Gasteiger partial charge in [0.1, 0.15) is 6.73 Å². The van der Waals surface area contributed by atoms with Gasteiger partial charge in [-0.25, -0.2) is 0 Å². The van der Waals surface area contributed by atoms with Crippen molar-refractivity contribution in [1.82, 2.24) is 5.32 Å². The van der Waals surface area contributed by atoms with Gasteiger partial charge in [-0.2, -0.15) is 0 Å². The van der Waals surface area contributed by atoms with Crippen LogP contribution in [0.3, 0.4) is 0 Å². The fraction of sp³-hybridized carbons (Fsp3) is 0.900. The summed E-state index contributed by atoms with van der Waals surface area (Å²) in [5.74, 6) is 0.160. The summed E-state index contributed by atoms with van der Waals surface area (Å²) in [6.07, 6.45) is 5.68. The van der Waals surface area contributed by atoms with Crippen LogP contribution in [0.4, 0.5) is 0 Å². The number of carbonyl (C=O) groups excluding carboxylic acids is 1. The van der Waals surface area contributed by atoms with Crippen molar-refractivity contribution >= 4 is 5.97 Å². The lowest BCUT2D eigenvalue weighted by Gasteiger charge is -2.19. The van der Waals surface area contributed by atoms with E-state index < -0.39 is 0 Å². The fourth-order valence-corrected chi connectivity index (χ4v) is 1.68. The molecule has 0 heterocycles. The van der Waals surface area contributed by atoms with Gasteiger partial charge >= 0.3 is 5.97 Å². The quantitative estimate of drug-likeness (QED) is 0.411. The Morgan fingerprint density at radius 2 is 2.08 bits per heavy atom. The number of hydrogen-bond donors (Lipinski definition) is 1. The molecular weight excluding hydrogens is 166 g/mol. The minimum absolute atomic E-state index is 0.0133. The van der Waals surface area contributed by atoms with Gasteiger partial charge in [-0.3, -0.25) is 10.1 Å². The van der Waals surface area contributed by atoms with Crippen LogP contribution in [0.15, 0.2) is 0 Å². The van der Waals surface area contributed by atoms with Gasteiger partial charge in [0.2, 0.25) is 0 Å². The SMILES string of the molecule is CCNCOC(=O)C1CCCCC1. The highest BCUT2D eigenvalue weighted by atomic mass is 16.5. The van der Waals surface area contributed by atoms with E-state index in [9.17, 15) is 4.79 Å².